The van der Waals surface area contributed by atoms with Crippen LogP contribution in [0.2, 0.25) is 0 Å². The monoisotopic (exact) mass is 272 g/mol. The van der Waals surface area contributed by atoms with E-state index in [1.54, 1.807) is 0 Å². The molecule has 6 heteroatoms. The first-order chi connectivity index (χ1) is 9.90. The number of pyridine rings is 1. The number of rotatable bonds is 3. The summed E-state index contributed by atoms with van der Waals surface area (Å²) in [7, 11) is 0. The molecule has 6 nitrogen and oxygen atoms in total. The zero-order valence-corrected chi connectivity index (χ0v) is 11.2. The van der Waals surface area contributed by atoms with E-state index in [2.05, 4.69) is 20.0 Å². The maximum absolute atomic E-state index is 5.36. The lowest BCUT2D eigenvalue weighted by atomic mass is 10.3. The van der Waals surface area contributed by atoms with Gasteiger partial charge in [-0.15, -0.1) is 0 Å². The molecule has 104 valence electrons. The summed E-state index contributed by atoms with van der Waals surface area (Å²) in [4.78, 5) is 11.3. The van der Waals surface area contributed by atoms with Gasteiger partial charge in [-0.2, -0.15) is 4.98 Å². The summed E-state index contributed by atoms with van der Waals surface area (Å²) in [6, 6.07) is 5.92. The van der Waals surface area contributed by atoms with Gasteiger partial charge in [0, 0.05) is 19.0 Å². The SMILES string of the molecule is c1cc(-c2noc(C3CC3)n2)nc(N2CCOCC2)c1. The van der Waals surface area contributed by atoms with Crippen molar-refractivity contribution >= 4 is 5.82 Å². The number of ether oxygens (including phenoxy) is 1. The summed E-state index contributed by atoms with van der Waals surface area (Å²) in [5.74, 6) is 2.75. The second kappa shape index (κ2) is 4.86. The second-order valence-corrected chi connectivity index (χ2v) is 5.21. The molecule has 0 spiro atoms. The summed E-state index contributed by atoms with van der Waals surface area (Å²) in [6.07, 6.45) is 2.31. The van der Waals surface area contributed by atoms with E-state index >= 15 is 0 Å². The van der Waals surface area contributed by atoms with Crippen molar-refractivity contribution in [1.29, 1.82) is 0 Å². The van der Waals surface area contributed by atoms with E-state index < -0.39 is 0 Å². The van der Waals surface area contributed by atoms with Gasteiger partial charge in [0.1, 0.15) is 11.5 Å². The van der Waals surface area contributed by atoms with E-state index in [1.807, 2.05) is 18.2 Å². The number of hydrogen-bond donors (Lipinski definition) is 0. The highest BCUT2D eigenvalue weighted by atomic mass is 16.5. The number of hydrogen-bond acceptors (Lipinski definition) is 6. The van der Waals surface area contributed by atoms with Crippen molar-refractivity contribution in [1.82, 2.24) is 15.1 Å². The number of morpholine rings is 1. The van der Waals surface area contributed by atoms with Crippen LogP contribution in [-0.4, -0.2) is 41.4 Å². The summed E-state index contributed by atoms with van der Waals surface area (Å²) >= 11 is 0. The van der Waals surface area contributed by atoms with E-state index in [9.17, 15) is 0 Å². The normalized spacial score (nSPS) is 19.3. The summed E-state index contributed by atoms with van der Waals surface area (Å²) in [5.41, 5.74) is 0.768. The molecule has 1 aliphatic carbocycles. The maximum Gasteiger partial charge on any atom is 0.230 e. The van der Waals surface area contributed by atoms with Gasteiger partial charge in [-0.25, -0.2) is 4.98 Å². The minimum Gasteiger partial charge on any atom is -0.378 e. The van der Waals surface area contributed by atoms with Gasteiger partial charge in [0.25, 0.3) is 0 Å². The minimum atomic E-state index is 0.471. The first-order valence-corrected chi connectivity index (χ1v) is 7.04. The van der Waals surface area contributed by atoms with E-state index in [0.717, 1.165) is 56.5 Å². The molecule has 0 aromatic carbocycles. The van der Waals surface area contributed by atoms with Crippen molar-refractivity contribution in [3.63, 3.8) is 0 Å². The van der Waals surface area contributed by atoms with Gasteiger partial charge in [-0.05, 0) is 25.0 Å². The lowest BCUT2D eigenvalue weighted by molar-refractivity contribution is 0.122. The van der Waals surface area contributed by atoms with Gasteiger partial charge in [0.05, 0.1) is 13.2 Å². The Morgan fingerprint density at radius 3 is 2.75 bits per heavy atom. The fourth-order valence-corrected chi connectivity index (χ4v) is 2.35. The van der Waals surface area contributed by atoms with Gasteiger partial charge >= 0.3 is 0 Å². The van der Waals surface area contributed by atoms with Gasteiger partial charge in [0.15, 0.2) is 0 Å². The zero-order chi connectivity index (χ0) is 13.4. The lowest BCUT2D eigenvalue weighted by Crippen LogP contribution is -2.36. The molecule has 0 N–H and O–H groups in total. The van der Waals surface area contributed by atoms with Crippen molar-refractivity contribution in [2.75, 3.05) is 31.2 Å². The Balaban J connectivity index is 1.60. The van der Waals surface area contributed by atoms with E-state index in [0.29, 0.717) is 11.7 Å². The quantitative estimate of drug-likeness (QED) is 0.849. The standard InChI is InChI=1S/C14H16N4O2/c1-2-11(13-16-14(20-17-13)10-4-5-10)15-12(3-1)18-6-8-19-9-7-18/h1-3,10H,4-9H2. The molecule has 4 rings (SSSR count). The molecule has 2 fully saturated rings. The van der Waals surface area contributed by atoms with Crippen molar-refractivity contribution in [3.8, 4) is 11.5 Å². The van der Waals surface area contributed by atoms with Gasteiger partial charge < -0.3 is 14.2 Å². The average Bonchev–Trinajstić information content (AvgIpc) is 3.26. The maximum atomic E-state index is 5.36. The van der Waals surface area contributed by atoms with Crippen LogP contribution in [0.3, 0.4) is 0 Å². The lowest BCUT2D eigenvalue weighted by Gasteiger charge is -2.27. The molecule has 2 aromatic rings. The fraction of sp³-hybridized carbons (Fsp3) is 0.500. The Morgan fingerprint density at radius 1 is 1.10 bits per heavy atom. The Bertz CT molecular complexity index is 603. The van der Waals surface area contributed by atoms with Gasteiger partial charge in [-0.3, -0.25) is 0 Å². The molecule has 1 aliphatic heterocycles. The Kier molecular flexibility index (Phi) is 2.88. The first kappa shape index (κ1) is 11.8. The first-order valence-electron chi connectivity index (χ1n) is 7.04. The molecule has 0 atom stereocenters. The number of nitrogens with zero attached hydrogens (tertiary/aromatic N) is 4. The van der Waals surface area contributed by atoms with Crippen molar-refractivity contribution in [2.45, 2.75) is 18.8 Å². The van der Waals surface area contributed by atoms with E-state index in [1.165, 1.54) is 0 Å². The third-order valence-corrected chi connectivity index (χ3v) is 3.67. The third kappa shape index (κ3) is 2.27. The van der Waals surface area contributed by atoms with Crippen LogP contribution in [0.5, 0.6) is 0 Å². The summed E-state index contributed by atoms with van der Waals surface area (Å²) < 4.78 is 10.7. The molecule has 2 aromatic heterocycles. The van der Waals surface area contributed by atoms with Gasteiger partial charge in [-0.1, -0.05) is 11.2 Å². The van der Waals surface area contributed by atoms with Crippen LogP contribution in [0.4, 0.5) is 5.82 Å². The van der Waals surface area contributed by atoms with Crippen LogP contribution in [-0.2, 0) is 4.74 Å². The van der Waals surface area contributed by atoms with Crippen LogP contribution >= 0.6 is 0 Å². The highest BCUT2D eigenvalue weighted by molar-refractivity contribution is 5.53. The molecule has 0 amide bonds. The second-order valence-electron chi connectivity index (χ2n) is 5.21. The molecule has 20 heavy (non-hydrogen) atoms. The van der Waals surface area contributed by atoms with Crippen LogP contribution in [0.25, 0.3) is 11.5 Å². The van der Waals surface area contributed by atoms with Gasteiger partial charge in [0.2, 0.25) is 11.7 Å². The molecular weight excluding hydrogens is 256 g/mol. The zero-order valence-electron chi connectivity index (χ0n) is 11.2. The molecule has 1 saturated heterocycles. The average molecular weight is 272 g/mol. The predicted octanol–water partition coefficient (Wildman–Crippen LogP) is 1.85. The van der Waals surface area contributed by atoms with Crippen LogP contribution < -0.4 is 4.90 Å². The predicted molar refractivity (Wildman–Crippen MR) is 72.5 cm³/mol. The Hall–Kier alpha value is -1.95. The largest absolute Gasteiger partial charge is 0.378 e. The Labute approximate surface area is 116 Å². The molecule has 0 bridgehead atoms. The van der Waals surface area contributed by atoms with E-state index in [-0.39, 0.29) is 0 Å². The Morgan fingerprint density at radius 2 is 1.95 bits per heavy atom. The smallest absolute Gasteiger partial charge is 0.230 e. The number of anilines is 1. The van der Waals surface area contributed by atoms with Crippen molar-refractivity contribution in [3.05, 3.63) is 24.1 Å². The van der Waals surface area contributed by atoms with E-state index in [4.69, 9.17) is 9.26 Å². The molecule has 2 aliphatic rings. The molecule has 1 saturated carbocycles. The topological polar surface area (TPSA) is 64.3 Å². The molecule has 0 radical (unpaired) electrons. The van der Waals surface area contributed by atoms with Crippen LogP contribution in [0.1, 0.15) is 24.7 Å². The third-order valence-electron chi connectivity index (χ3n) is 3.67. The molecule has 0 unspecified atom stereocenters. The number of aromatic nitrogens is 3. The fourth-order valence-electron chi connectivity index (χ4n) is 2.35. The highest BCUT2D eigenvalue weighted by Gasteiger charge is 2.30. The highest BCUT2D eigenvalue weighted by Crippen LogP contribution is 2.39. The summed E-state index contributed by atoms with van der Waals surface area (Å²) in [6.45, 7) is 3.24. The molecule has 3 heterocycles. The summed E-state index contributed by atoms with van der Waals surface area (Å²) in [5, 5.41) is 4.04. The van der Waals surface area contributed by atoms with Crippen LogP contribution in [0.15, 0.2) is 22.7 Å². The molecular formula is C14H16N4O2. The van der Waals surface area contributed by atoms with Crippen LogP contribution in [0, 0.1) is 0 Å². The van der Waals surface area contributed by atoms with Crippen molar-refractivity contribution in [2.24, 2.45) is 0 Å². The minimum absolute atomic E-state index is 0.471. The van der Waals surface area contributed by atoms with Crippen molar-refractivity contribution < 1.29 is 9.26 Å².